The predicted octanol–water partition coefficient (Wildman–Crippen LogP) is 1.01. The molecule has 1 aromatic carbocycles. The Morgan fingerprint density at radius 1 is 1.10 bits per heavy atom. The minimum atomic E-state index is -3.62. The topological polar surface area (TPSA) is 112 Å². The van der Waals surface area contributed by atoms with Crippen molar-refractivity contribution in [2.24, 2.45) is 5.92 Å². The molecule has 0 saturated carbocycles. The molecule has 1 aliphatic heterocycles. The zero-order chi connectivity index (χ0) is 21.7. The second kappa shape index (κ2) is 9.23. The van der Waals surface area contributed by atoms with Gasteiger partial charge in [-0.3, -0.25) is 25.4 Å². The molecular weight excluding hydrogens is 406 g/mol. The molecule has 0 bridgehead atoms. The summed E-state index contributed by atoms with van der Waals surface area (Å²) in [6.07, 6.45) is 3.57. The van der Waals surface area contributed by atoms with Gasteiger partial charge in [-0.25, -0.2) is 8.42 Å². The summed E-state index contributed by atoms with van der Waals surface area (Å²) in [6.45, 7) is 0.461. The van der Waals surface area contributed by atoms with Crippen molar-refractivity contribution in [1.82, 2.24) is 20.1 Å². The summed E-state index contributed by atoms with van der Waals surface area (Å²) in [5.74, 6) is -1.12. The Bertz CT molecular complexity index is 1000. The van der Waals surface area contributed by atoms with E-state index in [1.807, 2.05) is 25.1 Å². The molecule has 2 aromatic rings. The van der Waals surface area contributed by atoms with Gasteiger partial charge in [-0.15, -0.1) is 0 Å². The number of sulfonamides is 1. The number of aromatic nitrogens is 1. The molecule has 9 nitrogen and oxygen atoms in total. The number of piperidine rings is 1. The molecule has 0 aliphatic carbocycles. The molecule has 2 amide bonds. The van der Waals surface area contributed by atoms with E-state index in [9.17, 15) is 18.0 Å². The van der Waals surface area contributed by atoms with Crippen LogP contribution in [0.5, 0.6) is 0 Å². The smallest absolute Gasteiger partial charge is 0.269 e. The standard InChI is InChI=1S/C20H25N5O4S/c1-24(2)17-6-3-5-16(13-17)20(27)23-22-19(26)15-8-11-25(12-9-15)30(28,29)18-7-4-10-21-14-18/h3-7,10,13-15H,8-9,11-12H2,1-2H3,(H,22,26)(H,23,27). The number of anilines is 1. The second-order valence-electron chi connectivity index (χ2n) is 7.26. The lowest BCUT2D eigenvalue weighted by molar-refractivity contribution is -0.126. The Morgan fingerprint density at radius 2 is 1.83 bits per heavy atom. The molecular formula is C20H25N5O4S. The van der Waals surface area contributed by atoms with Crippen molar-refractivity contribution >= 4 is 27.5 Å². The van der Waals surface area contributed by atoms with Gasteiger partial charge in [-0.1, -0.05) is 6.07 Å². The van der Waals surface area contributed by atoms with E-state index in [1.54, 1.807) is 24.3 Å². The molecule has 2 heterocycles. The van der Waals surface area contributed by atoms with Crippen LogP contribution in [-0.4, -0.2) is 56.7 Å². The number of carbonyl (C=O) groups is 2. The average molecular weight is 432 g/mol. The van der Waals surface area contributed by atoms with Crippen molar-refractivity contribution in [3.63, 3.8) is 0 Å². The zero-order valence-corrected chi connectivity index (χ0v) is 17.7. The van der Waals surface area contributed by atoms with Crippen molar-refractivity contribution in [2.75, 3.05) is 32.1 Å². The highest BCUT2D eigenvalue weighted by Gasteiger charge is 2.32. The number of nitrogens with zero attached hydrogens (tertiary/aromatic N) is 3. The van der Waals surface area contributed by atoms with Gasteiger partial charge in [0.05, 0.1) is 0 Å². The van der Waals surface area contributed by atoms with E-state index in [2.05, 4.69) is 15.8 Å². The van der Waals surface area contributed by atoms with Crippen LogP contribution >= 0.6 is 0 Å². The number of carbonyl (C=O) groups excluding carboxylic acids is 2. The van der Waals surface area contributed by atoms with E-state index in [-0.39, 0.29) is 29.8 Å². The van der Waals surface area contributed by atoms with Crippen LogP contribution in [0, 0.1) is 5.92 Å². The third kappa shape index (κ3) is 4.95. The van der Waals surface area contributed by atoms with Gasteiger partial charge < -0.3 is 4.90 Å². The molecule has 160 valence electrons. The quantitative estimate of drug-likeness (QED) is 0.684. The van der Waals surface area contributed by atoms with Gasteiger partial charge >= 0.3 is 0 Å². The molecule has 0 spiro atoms. The van der Waals surface area contributed by atoms with Gasteiger partial charge in [0.1, 0.15) is 4.90 Å². The average Bonchev–Trinajstić information content (AvgIpc) is 2.78. The number of amides is 2. The maximum absolute atomic E-state index is 12.6. The Labute approximate surface area is 176 Å². The van der Waals surface area contributed by atoms with Crippen LogP contribution in [0.3, 0.4) is 0 Å². The van der Waals surface area contributed by atoms with Gasteiger partial charge in [-0.2, -0.15) is 4.31 Å². The summed E-state index contributed by atoms with van der Waals surface area (Å²) in [5, 5.41) is 0. The summed E-state index contributed by atoms with van der Waals surface area (Å²) >= 11 is 0. The molecule has 2 N–H and O–H groups in total. The fourth-order valence-electron chi connectivity index (χ4n) is 3.23. The maximum atomic E-state index is 12.6. The molecule has 1 saturated heterocycles. The fraction of sp³-hybridized carbons (Fsp3) is 0.350. The largest absolute Gasteiger partial charge is 0.378 e. The van der Waals surface area contributed by atoms with Crippen molar-refractivity contribution < 1.29 is 18.0 Å². The van der Waals surface area contributed by atoms with E-state index < -0.39 is 15.9 Å². The van der Waals surface area contributed by atoms with Crippen molar-refractivity contribution in [1.29, 1.82) is 0 Å². The summed E-state index contributed by atoms with van der Waals surface area (Å²) in [5.41, 5.74) is 6.19. The van der Waals surface area contributed by atoms with Crippen LogP contribution < -0.4 is 15.8 Å². The SMILES string of the molecule is CN(C)c1cccc(C(=O)NNC(=O)C2CCN(S(=O)(=O)c3cccnc3)CC2)c1. The lowest BCUT2D eigenvalue weighted by Crippen LogP contribution is -2.48. The first-order valence-electron chi connectivity index (χ1n) is 9.57. The number of hydrogen-bond donors (Lipinski definition) is 2. The minimum Gasteiger partial charge on any atom is -0.378 e. The summed E-state index contributed by atoms with van der Waals surface area (Å²) in [6, 6.07) is 10.1. The third-order valence-corrected chi connectivity index (χ3v) is 6.90. The second-order valence-corrected chi connectivity index (χ2v) is 9.19. The first-order valence-corrected chi connectivity index (χ1v) is 11.0. The summed E-state index contributed by atoms with van der Waals surface area (Å²) < 4.78 is 26.6. The first-order chi connectivity index (χ1) is 14.3. The van der Waals surface area contributed by atoms with E-state index in [1.165, 1.54) is 22.8 Å². The summed E-state index contributed by atoms with van der Waals surface area (Å²) in [4.78, 5) is 30.6. The van der Waals surface area contributed by atoms with E-state index in [0.29, 0.717) is 18.4 Å². The Morgan fingerprint density at radius 3 is 2.47 bits per heavy atom. The number of rotatable bonds is 5. The lowest BCUT2D eigenvalue weighted by atomic mass is 9.98. The van der Waals surface area contributed by atoms with Crippen LogP contribution in [-0.2, 0) is 14.8 Å². The molecule has 1 aliphatic rings. The van der Waals surface area contributed by atoms with E-state index in [0.717, 1.165) is 5.69 Å². The van der Waals surface area contributed by atoms with Crippen LogP contribution in [0.2, 0.25) is 0 Å². The van der Waals surface area contributed by atoms with E-state index >= 15 is 0 Å². The molecule has 1 fully saturated rings. The number of nitrogens with one attached hydrogen (secondary N) is 2. The van der Waals surface area contributed by atoms with Gasteiger partial charge in [0, 0.05) is 56.7 Å². The van der Waals surface area contributed by atoms with Crippen molar-refractivity contribution in [3.8, 4) is 0 Å². The highest BCUT2D eigenvalue weighted by atomic mass is 32.2. The fourth-order valence-corrected chi connectivity index (χ4v) is 4.66. The Kier molecular flexibility index (Phi) is 6.68. The minimum absolute atomic E-state index is 0.139. The molecule has 3 rings (SSSR count). The molecule has 30 heavy (non-hydrogen) atoms. The first kappa shape index (κ1) is 21.7. The monoisotopic (exact) mass is 431 g/mol. The number of hydrogen-bond acceptors (Lipinski definition) is 6. The highest BCUT2D eigenvalue weighted by molar-refractivity contribution is 7.89. The van der Waals surface area contributed by atoms with Gasteiger partial charge in [-0.05, 0) is 43.2 Å². The van der Waals surface area contributed by atoms with Gasteiger partial charge in [0.2, 0.25) is 15.9 Å². The molecule has 0 atom stereocenters. The molecule has 10 heteroatoms. The van der Waals surface area contributed by atoms with Crippen molar-refractivity contribution in [3.05, 3.63) is 54.4 Å². The predicted molar refractivity (Wildman–Crippen MR) is 112 cm³/mol. The molecule has 0 radical (unpaired) electrons. The van der Waals surface area contributed by atoms with Gasteiger partial charge in [0.25, 0.3) is 5.91 Å². The number of benzene rings is 1. The highest BCUT2D eigenvalue weighted by Crippen LogP contribution is 2.23. The van der Waals surface area contributed by atoms with Crippen LogP contribution in [0.4, 0.5) is 5.69 Å². The molecule has 1 aromatic heterocycles. The number of hydrazine groups is 1. The maximum Gasteiger partial charge on any atom is 0.269 e. The van der Waals surface area contributed by atoms with Gasteiger partial charge in [0.15, 0.2) is 0 Å². The van der Waals surface area contributed by atoms with E-state index in [4.69, 9.17) is 0 Å². The summed E-state index contributed by atoms with van der Waals surface area (Å²) in [7, 11) is 0.131. The van der Waals surface area contributed by atoms with Crippen LogP contribution in [0.25, 0.3) is 0 Å². The Balaban J connectivity index is 1.52. The zero-order valence-electron chi connectivity index (χ0n) is 16.9. The normalized spacial score (nSPS) is 15.4. The Hall–Kier alpha value is -2.98. The van der Waals surface area contributed by atoms with Crippen LogP contribution in [0.1, 0.15) is 23.2 Å². The lowest BCUT2D eigenvalue weighted by Gasteiger charge is -2.30. The third-order valence-electron chi connectivity index (χ3n) is 5.02. The number of pyridine rings is 1. The van der Waals surface area contributed by atoms with Crippen LogP contribution in [0.15, 0.2) is 53.7 Å². The molecule has 0 unspecified atom stereocenters. The van der Waals surface area contributed by atoms with Crippen molar-refractivity contribution in [2.45, 2.75) is 17.7 Å².